The van der Waals surface area contributed by atoms with Crippen molar-refractivity contribution >= 4 is 23.6 Å². The third-order valence-corrected chi connectivity index (χ3v) is 4.78. The van der Waals surface area contributed by atoms with Gasteiger partial charge in [0.2, 0.25) is 11.8 Å². The molecule has 0 aromatic carbocycles. The van der Waals surface area contributed by atoms with Gasteiger partial charge < -0.3 is 15.4 Å². The smallest absolute Gasteiger partial charge is 0.316 e. The number of rotatable bonds is 8. The van der Waals surface area contributed by atoms with Crippen LogP contribution in [0.4, 0.5) is 0 Å². The molecule has 2 rings (SSSR count). The Morgan fingerprint density at radius 2 is 1.96 bits per heavy atom. The Bertz CT molecular complexity index is 550. The lowest BCUT2D eigenvalue weighted by Crippen LogP contribution is -2.50. The fourth-order valence-electron chi connectivity index (χ4n) is 2.87. The SMILES string of the molecule is CSCCC(NC(C)=O)C(=O)NC1CCC(Oc2ncccn2)CC1. The van der Waals surface area contributed by atoms with E-state index in [0.29, 0.717) is 12.4 Å². The molecule has 0 radical (unpaired) electrons. The molecule has 1 saturated carbocycles. The molecule has 0 spiro atoms. The van der Waals surface area contributed by atoms with Crippen LogP contribution in [0.25, 0.3) is 0 Å². The monoisotopic (exact) mass is 366 g/mol. The third kappa shape index (κ3) is 6.89. The molecule has 1 fully saturated rings. The zero-order valence-corrected chi connectivity index (χ0v) is 15.6. The average Bonchev–Trinajstić information content (AvgIpc) is 2.61. The number of hydrogen-bond donors (Lipinski definition) is 2. The van der Waals surface area contributed by atoms with Crippen molar-refractivity contribution in [2.24, 2.45) is 0 Å². The van der Waals surface area contributed by atoms with Crippen molar-refractivity contribution in [1.29, 1.82) is 0 Å². The van der Waals surface area contributed by atoms with E-state index in [1.165, 1.54) is 6.92 Å². The molecule has 1 aliphatic rings. The maximum atomic E-state index is 12.4. The summed E-state index contributed by atoms with van der Waals surface area (Å²) in [5.41, 5.74) is 0. The van der Waals surface area contributed by atoms with Gasteiger partial charge in [-0.2, -0.15) is 11.8 Å². The van der Waals surface area contributed by atoms with E-state index >= 15 is 0 Å². The van der Waals surface area contributed by atoms with Gasteiger partial charge in [-0.05, 0) is 50.2 Å². The highest BCUT2D eigenvalue weighted by Crippen LogP contribution is 2.22. The molecule has 1 unspecified atom stereocenters. The molecule has 1 aromatic heterocycles. The van der Waals surface area contributed by atoms with E-state index in [1.807, 2.05) is 6.26 Å². The summed E-state index contributed by atoms with van der Waals surface area (Å²) in [5.74, 6) is 0.553. The van der Waals surface area contributed by atoms with Gasteiger partial charge in [0.1, 0.15) is 12.1 Å². The molecule has 25 heavy (non-hydrogen) atoms. The summed E-state index contributed by atoms with van der Waals surface area (Å²) < 4.78 is 5.77. The Kier molecular flexibility index (Phi) is 7.97. The molecule has 1 aromatic rings. The van der Waals surface area contributed by atoms with E-state index in [0.717, 1.165) is 31.4 Å². The first-order valence-corrected chi connectivity index (χ1v) is 9.98. The highest BCUT2D eigenvalue weighted by Gasteiger charge is 2.27. The number of thioether (sulfide) groups is 1. The van der Waals surface area contributed by atoms with E-state index < -0.39 is 6.04 Å². The molecule has 1 aliphatic carbocycles. The minimum Gasteiger partial charge on any atom is -0.460 e. The second-order valence-electron chi connectivity index (χ2n) is 6.17. The zero-order chi connectivity index (χ0) is 18.1. The van der Waals surface area contributed by atoms with Crippen LogP contribution in [0.2, 0.25) is 0 Å². The second-order valence-corrected chi connectivity index (χ2v) is 7.15. The maximum Gasteiger partial charge on any atom is 0.316 e. The van der Waals surface area contributed by atoms with Crippen LogP contribution >= 0.6 is 11.8 Å². The summed E-state index contributed by atoms with van der Waals surface area (Å²) in [6, 6.07) is 1.81. The maximum absolute atomic E-state index is 12.4. The lowest BCUT2D eigenvalue weighted by atomic mass is 9.92. The first kappa shape index (κ1) is 19.5. The van der Waals surface area contributed by atoms with Crippen molar-refractivity contribution in [3.05, 3.63) is 18.5 Å². The van der Waals surface area contributed by atoms with Crippen LogP contribution in [0.1, 0.15) is 39.0 Å². The van der Waals surface area contributed by atoms with E-state index in [4.69, 9.17) is 4.74 Å². The Hall–Kier alpha value is -1.83. The predicted molar refractivity (Wildman–Crippen MR) is 97.5 cm³/mol. The standard InChI is InChI=1S/C17H26N4O3S/c1-12(22)20-15(8-11-25-2)16(23)21-13-4-6-14(7-5-13)24-17-18-9-3-10-19-17/h3,9-10,13-15H,4-8,11H2,1-2H3,(H,20,22)(H,21,23). The number of aromatic nitrogens is 2. The molecule has 2 amide bonds. The van der Waals surface area contributed by atoms with Crippen LogP contribution in [-0.2, 0) is 9.59 Å². The van der Waals surface area contributed by atoms with Crippen LogP contribution in [0.15, 0.2) is 18.5 Å². The molecule has 0 bridgehead atoms. The minimum atomic E-state index is -0.461. The van der Waals surface area contributed by atoms with Gasteiger partial charge in [-0.15, -0.1) is 0 Å². The van der Waals surface area contributed by atoms with E-state index in [1.54, 1.807) is 30.2 Å². The summed E-state index contributed by atoms with van der Waals surface area (Å²) in [6.07, 6.45) is 9.40. The molecule has 0 aliphatic heterocycles. The first-order chi connectivity index (χ1) is 12.1. The lowest BCUT2D eigenvalue weighted by Gasteiger charge is -2.30. The van der Waals surface area contributed by atoms with Crippen LogP contribution < -0.4 is 15.4 Å². The Morgan fingerprint density at radius 3 is 2.56 bits per heavy atom. The van der Waals surface area contributed by atoms with Crippen molar-refractivity contribution in [1.82, 2.24) is 20.6 Å². The van der Waals surface area contributed by atoms with Crippen molar-refractivity contribution in [3.63, 3.8) is 0 Å². The fraction of sp³-hybridized carbons (Fsp3) is 0.647. The van der Waals surface area contributed by atoms with Gasteiger partial charge >= 0.3 is 6.01 Å². The molecule has 8 heteroatoms. The summed E-state index contributed by atoms with van der Waals surface area (Å²) >= 11 is 1.66. The Morgan fingerprint density at radius 1 is 1.28 bits per heavy atom. The normalized spacial score (nSPS) is 21.2. The first-order valence-electron chi connectivity index (χ1n) is 8.58. The zero-order valence-electron chi connectivity index (χ0n) is 14.7. The topological polar surface area (TPSA) is 93.2 Å². The van der Waals surface area contributed by atoms with Gasteiger partial charge in [-0.3, -0.25) is 9.59 Å². The minimum absolute atomic E-state index is 0.0817. The van der Waals surface area contributed by atoms with Crippen molar-refractivity contribution < 1.29 is 14.3 Å². The number of nitrogens with zero attached hydrogens (tertiary/aromatic N) is 2. The number of amides is 2. The van der Waals surface area contributed by atoms with Crippen molar-refractivity contribution in [3.8, 4) is 6.01 Å². The molecule has 1 atom stereocenters. The largest absolute Gasteiger partial charge is 0.460 e. The average molecular weight is 366 g/mol. The van der Waals surface area contributed by atoms with Crippen LogP contribution in [0, 0.1) is 0 Å². The second kappa shape index (κ2) is 10.2. The van der Waals surface area contributed by atoms with Crippen LogP contribution in [-0.4, -0.2) is 52.0 Å². The summed E-state index contributed by atoms with van der Waals surface area (Å²) in [5, 5.41) is 5.81. The highest BCUT2D eigenvalue weighted by molar-refractivity contribution is 7.98. The van der Waals surface area contributed by atoms with Gasteiger partial charge in [0.25, 0.3) is 0 Å². The lowest BCUT2D eigenvalue weighted by molar-refractivity contribution is -0.128. The van der Waals surface area contributed by atoms with Gasteiger partial charge in [-0.1, -0.05) is 0 Å². The van der Waals surface area contributed by atoms with E-state index in [2.05, 4.69) is 20.6 Å². The summed E-state index contributed by atoms with van der Waals surface area (Å²) in [7, 11) is 0. The van der Waals surface area contributed by atoms with Crippen LogP contribution in [0.5, 0.6) is 6.01 Å². The van der Waals surface area contributed by atoms with Crippen molar-refractivity contribution in [2.75, 3.05) is 12.0 Å². The Labute approximate surface area is 152 Å². The van der Waals surface area contributed by atoms with Gasteiger partial charge in [0, 0.05) is 25.4 Å². The number of carbonyl (C=O) groups is 2. The molecular weight excluding hydrogens is 340 g/mol. The predicted octanol–water partition coefficient (Wildman–Crippen LogP) is 1.54. The highest BCUT2D eigenvalue weighted by atomic mass is 32.2. The molecule has 1 heterocycles. The number of carbonyl (C=O) groups excluding carboxylic acids is 2. The molecule has 2 N–H and O–H groups in total. The number of nitrogens with one attached hydrogen (secondary N) is 2. The quantitative estimate of drug-likeness (QED) is 0.725. The molecule has 138 valence electrons. The molecular formula is C17H26N4O3S. The third-order valence-electron chi connectivity index (χ3n) is 4.14. The molecule has 7 nitrogen and oxygen atoms in total. The van der Waals surface area contributed by atoms with Gasteiger partial charge in [0.15, 0.2) is 0 Å². The number of hydrogen-bond acceptors (Lipinski definition) is 6. The summed E-state index contributed by atoms with van der Waals surface area (Å²) in [6.45, 7) is 1.44. The van der Waals surface area contributed by atoms with E-state index in [-0.39, 0.29) is 24.0 Å². The van der Waals surface area contributed by atoms with Gasteiger partial charge in [0.05, 0.1) is 0 Å². The summed E-state index contributed by atoms with van der Waals surface area (Å²) in [4.78, 5) is 31.9. The molecule has 0 saturated heterocycles. The Balaban J connectivity index is 1.77. The number of ether oxygens (including phenoxy) is 1. The van der Waals surface area contributed by atoms with Crippen molar-refractivity contribution in [2.45, 2.75) is 57.2 Å². The fourth-order valence-corrected chi connectivity index (χ4v) is 3.34. The van der Waals surface area contributed by atoms with Crippen LogP contribution in [0.3, 0.4) is 0 Å². The van der Waals surface area contributed by atoms with Gasteiger partial charge in [-0.25, -0.2) is 9.97 Å². The van der Waals surface area contributed by atoms with E-state index in [9.17, 15) is 9.59 Å².